The molecule has 4 heteroatoms. The molecule has 0 saturated carbocycles. The van der Waals surface area contributed by atoms with Gasteiger partial charge in [-0.2, -0.15) is 5.26 Å². The van der Waals surface area contributed by atoms with Crippen molar-refractivity contribution < 1.29 is 14.3 Å². The summed E-state index contributed by atoms with van der Waals surface area (Å²) in [5.74, 6) is -0.583. The Morgan fingerprint density at radius 2 is 1.68 bits per heavy atom. The number of nitriles is 1. The van der Waals surface area contributed by atoms with Gasteiger partial charge >= 0.3 is 5.97 Å². The lowest BCUT2D eigenvalue weighted by molar-refractivity contribution is -0.159. The van der Waals surface area contributed by atoms with E-state index in [0.29, 0.717) is 11.1 Å². The maximum absolute atomic E-state index is 12.3. The highest BCUT2D eigenvalue weighted by Crippen LogP contribution is 2.23. The molecule has 0 unspecified atom stereocenters. The third kappa shape index (κ3) is 3.72. The van der Waals surface area contributed by atoms with E-state index < -0.39 is 18.2 Å². The lowest BCUT2D eigenvalue weighted by atomic mass is 10.1. The van der Waals surface area contributed by atoms with Crippen molar-refractivity contribution in [2.45, 2.75) is 19.1 Å². The van der Waals surface area contributed by atoms with Crippen LogP contribution in [0.2, 0.25) is 0 Å². The molecule has 0 heterocycles. The molecular formula is C18H17NO3. The molecule has 0 bridgehead atoms. The Morgan fingerprint density at radius 3 is 2.23 bits per heavy atom. The van der Waals surface area contributed by atoms with Crippen molar-refractivity contribution in [3.8, 4) is 6.07 Å². The highest BCUT2D eigenvalue weighted by molar-refractivity contribution is 5.77. The second-order valence-corrected chi connectivity index (χ2v) is 4.88. The van der Waals surface area contributed by atoms with E-state index in [1.807, 2.05) is 43.3 Å². The first-order chi connectivity index (χ1) is 10.7. The molecule has 2 aromatic rings. The number of benzene rings is 2. The highest BCUT2D eigenvalue weighted by Gasteiger charge is 2.25. The Balaban J connectivity index is 2.15. The zero-order chi connectivity index (χ0) is 15.9. The zero-order valence-electron chi connectivity index (χ0n) is 12.5. The van der Waals surface area contributed by atoms with Gasteiger partial charge in [0.25, 0.3) is 0 Å². The van der Waals surface area contributed by atoms with Crippen molar-refractivity contribution in [2.24, 2.45) is 0 Å². The van der Waals surface area contributed by atoms with Gasteiger partial charge in [0, 0.05) is 12.7 Å². The molecule has 2 aromatic carbocycles. The molecule has 0 saturated heterocycles. The quantitative estimate of drug-likeness (QED) is 0.792. The summed E-state index contributed by atoms with van der Waals surface area (Å²) in [7, 11) is 1.44. The van der Waals surface area contributed by atoms with Gasteiger partial charge in [-0.15, -0.1) is 0 Å². The number of aryl methyl sites for hydroxylation is 1. The van der Waals surface area contributed by atoms with E-state index in [-0.39, 0.29) is 0 Å². The average Bonchev–Trinajstić information content (AvgIpc) is 2.55. The molecule has 0 spiro atoms. The minimum Gasteiger partial charge on any atom is -0.440 e. The van der Waals surface area contributed by atoms with E-state index in [1.54, 1.807) is 24.3 Å². The maximum Gasteiger partial charge on any atom is 0.341 e. The van der Waals surface area contributed by atoms with Gasteiger partial charge in [0.2, 0.25) is 6.10 Å². The molecule has 112 valence electrons. The third-order valence-corrected chi connectivity index (χ3v) is 3.28. The minimum absolute atomic E-state index is 0.583. The largest absolute Gasteiger partial charge is 0.440 e. The molecule has 4 nitrogen and oxygen atoms in total. The van der Waals surface area contributed by atoms with Crippen molar-refractivity contribution in [1.82, 2.24) is 0 Å². The standard InChI is InChI=1S/C18H17NO3/c1-13-8-10-14(11-9-13)16(12-19)22-18(20)17(21-2)15-6-4-3-5-7-15/h3-11,16-17H,1-2H3/t16-,17+/m0/s1. The van der Waals surface area contributed by atoms with Crippen LogP contribution in [0, 0.1) is 18.3 Å². The van der Waals surface area contributed by atoms with Crippen molar-refractivity contribution >= 4 is 5.97 Å². The summed E-state index contributed by atoms with van der Waals surface area (Å²) in [5.41, 5.74) is 2.41. The van der Waals surface area contributed by atoms with Crippen LogP contribution in [0.3, 0.4) is 0 Å². The van der Waals surface area contributed by atoms with Crippen LogP contribution in [-0.4, -0.2) is 13.1 Å². The molecule has 0 aromatic heterocycles. The molecule has 0 radical (unpaired) electrons. The molecule has 0 N–H and O–H groups in total. The second kappa shape index (κ2) is 7.39. The van der Waals surface area contributed by atoms with Crippen molar-refractivity contribution in [3.05, 3.63) is 71.3 Å². The normalized spacial score (nSPS) is 13.0. The molecule has 2 atom stereocenters. The summed E-state index contributed by atoms with van der Waals surface area (Å²) in [5, 5.41) is 9.25. The van der Waals surface area contributed by atoms with Gasteiger partial charge < -0.3 is 9.47 Å². The van der Waals surface area contributed by atoms with Crippen LogP contribution in [-0.2, 0) is 14.3 Å². The summed E-state index contributed by atoms with van der Waals surface area (Å²) >= 11 is 0. The van der Waals surface area contributed by atoms with Crippen molar-refractivity contribution in [2.75, 3.05) is 7.11 Å². The SMILES string of the molecule is CO[C@@H](C(=O)O[C@@H](C#N)c1ccc(C)cc1)c1ccccc1. The number of methoxy groups -OCH3 is 1. The molecular weight excluding hydrogens is 278 g/mol. The number of carbonyl (C=O) groups is 1. The first kappa shape index (κ1) is 15.7. The molecule has 0 amide bonds. The average molecular weight is 295 g/mol. The van der Waals surface area contributed by atoms with Gasteiger partial charge in [0.05, 0.1) is 0 Å². The predicted molar refractivity (Wildman–Crippen MR) is 81.8 cm³/mol. The third-order valence-electron chi connectivity index (χ3n) is 3.28. The molecule has 0 aliphatic rings. The fourth-order valence-electron chi connectivity index (χ4n) is 2.08. The summed E-state index contributed by atoms with van der Waals surface area (Å²) in [6.07, 6.45) is -1.79. The van der Waals surface area contributed by atoms with Gasteiger partial charge in [-0.25, -0.2) is 4.79 Å². The smallest absolute Gasteiger partial charge is 0.341 e. The lowest BCUT2D eigenvalue weighted by Crippen LogP contribution is -2.20. The van der Waals surface area contributed by atoms with Crippen LogP contribution < -0.4 is 0 Å². The number of rotatable bonds is 5. The van der Waals surface area contributed by atoms with Gasteiger partial charge in [-0.1, -0.05) is 60.2 Å². The number of carbonyl (C=O) groups excluding carboxylic acids is 1. The topological polar surface area (TPSA) is 59.3 Å². The first-order valence-corrected chi connectivity index (χ1v) is 6.90. The summed E-state index contributed by atoms with van der Waals surface area (Å²) in [6, 6.07) is 18.4. The van der Waals surface area contributed by atoms with Gasteiger partial charge in [-0.3, -0.25) is 0 Å². The molecule has 2 rings (SSSR count). The summed E-state index contributed by atoms with van der Waals surface area (Å²) in [6.45, 7) is 1.95. The predicted octanol–water partition coefficient (Wildman–Crippen LogP) is 3.49. The Labute approximate surface area is 129 Å². The number of esters is 1. The molecule has 0 fully saturated rings. The lowest BCUT2D eigenvalue weighted by Gasteiger charge is -2.17. The molecule has 0 aliphatic carbocycles. The number of ether oxygens (including phenoxy) is 2. The Kier molecular flexibility index (Phi) is 5.29. The van der Waals surface area contributed by atoms with Crippen molar-refractivity contribution in [3.63, 3.8) is 0 Å². The van der Waals surface area contributed by atoms with E-state index in [4.69, 9.17) is 9.47 Å². The Morgan fingerprint density at radius 1 is 1.05 bits per heavy atom. The van der Waals surface area contributed by atoms with E-state index in [9.17, 15) is 10.1 Å². The fourth-order valence-corrected chi connectivity index (χ4v) is 2.08. The first-order valence-electron chi connectivity index (χ1n) is 6.90. The van der Waals surface area contributed by atoms with Crippen LogP contribution in [0.25, 0.3) is 0 Å². The second-order valence-electron chi connectivity index (χ2n) is 4.88. The Bertz CT molecular complexity index is 659. The van der Waals surface area contributed by atoms with E-state index in [1.165, 1.54) is 7.11 Å². The monoisotopic (exact) mass is 295 g/mol. The van der Waals surface area contributed by atoms with Gasteiger partial charge in [0.1, 0.15) is 6.07 Å². The van der Waals surface area contributed by atoms with Crippen LogP contribution in [0.1, 0.15) is 28.9 Å². The van der Waals surface area contributed by atoms with E-state index in [2.05, 4.69) is 0 Å². The van der Waals surface area contributed by atoms with Crippen LogP contribution in [0.15, 0.2) is 54.6 Å². The van der Waals surface area contributed by atoms with Crippen molar-refractivity contribution in [1.29, 1.82) is 5.26 Å². The number of hydrogen-bond acceptors (Lipinski definition) is 4. The zero-order valence-corrected chi connectivity index (χ0v) is 12.5. The Hall–Kier alpha value is -2.64. The summed E-state index contributed by atoms with van der Waals surface area (Å²) < 4.78 is 10.5. The molecule has 0 aliphatic heterocycles. The van der Waals surface area contributed by atoms with Crippen LogP contribution in [0.4, 0.5) is 0 Å². The van der Waals surface area contributed by atoms with Crippen LogP contribution in [0.5, 0.6) is 0 Å². The molecule has 22 heavy (non-hydrogen) atoms. The van der Waals surface area contributed by atoms with Gasteiger partial charge in [-0.05, 0) is 12.5 Å². The summed E-state index contributed by atoms with van der Waals surface area (Å²) in [4.78, 5) is 12.3. The number of nitrogens with zero attached hydrogens (tertiary/aromatic N) is 1. The minimum atomic E-state index is -0.950. The maximum atomic E-state index is 12.3. The fraction of sp³-hybridized carbons (Fsp3) is 0.222. The van der Waals surface area contributed by atoms with E-state index in [0.717, 1.165) is 5.56 Å². The highest BCUT2D eigenvalue weighted by atomic mass is 16.6. The number of hydrogen-bond donors (Lipinski definition) is 0. The van der Waals surface area contributed by atoms with Crippen LogP contribution >= 0.6 is 0 Å². The van der Waals surface area contributed by atoms with Gasteiger partial charge in [0.15, 0.2) is 6.10 Å². The van der Waals surface area contributed by atoms with E-state index >= 15 is 0 Å².